The maximum Gasteiger partial charge on any atom is 0.0540 e. The molecule has 0 aliphatic carbocycles. The molecular weight excluding hydrogens is 168 g/mol. The van der Waals surface area contributed by atoms with Crippen molar-refractivity contribution in [2.45, 2.75) is 11.3 Å². The zero-order valence-corrected chi connectivity index (χ0v) is 7.51. The zero-order chi connectivity index (χ0) is 8.81. The second-order valence-electron chi connectivity index (χ2n) is 2.32. The average Bonchev–Trinajstić information content (AvgIpc) is 2.09. The summed E-state index contributed by atoms with van der Waals surface area (Å²) in [6.07, 6.45) is 0.530. The van der Waals surface area contributed by atoms with E-state index in [2.05, 4.69) is 24.5 Å². The highest BCUT2D eigenvalue weighted by Crippen LogP contribution is 2.06. The quantitative estimate of drug-likeness (QED) is 0.495. The van der Waals surface area contributed by atoms with Crippen molar-refractivity contribution in [2.75, 3.05) is 6.61 Å². The van der Waals surface area contributed by atoms with Gasteiger partial charge in [0.1, 0.15) is 0 Å². The van der Waals surface area contributed by atoms with Crippen molar-refractivity contribution in [1.82, 2.24) is 0 Å². The van der Waals surface area contributed by atoms with Crippen LogP contribution in [-0.4, -0.2) is 11.7 Å². The van der Waals surface area contributed by atoms with Gasteiger partial charge in [-0.2, -0.15) is 0 Å². The Bertz CT molecular complexity index is 292. The van der Waals surface area contributed by atoms with Crippen LogP contribution in [0.2, 0.25) is 0 Å². The van der Waals surface area contributed by atoms with E-state index in [9.17, 15) is 0 Å². The Morgan fingerprint density at radius 3 is 2.50 bits per heavy atom. The third-order valence-corrected chi connectivity index (χ3v) is 1.63. The van der Waals surface area contributed by atoms with Crippen LogP contribution in [-0.2, 0) is 0 Å². The van der Waals surface area contributed by atoms with Crippen LogP contribution in [0.5, 0.6) is 0 Å². The fourth-order valence-corrected chi connectivity index (χ4v) is 0.914. The Morgan fingerprint density at radius 1 is 1.25 bits per heavy atom. The van der Waals surface area contributed by atoms with Crippen molar-refractivity contribution >= 4 is 12.6 Å². The SMILES string of the molecule is OCCC#Cc1ccc(S)cc1. The molecule has 0 spiro atoms. The van der Waals surface area contributed by atoms with Gasteiger partial charge in [0.05, 0.1) is 6.61 Å². The van der Waals surface area contributed by atoms with Gasteiger partial charge < -0.3 is 5.11 Å². The summed E-state index contributed by atoms with van der Waals surface area (Å²) in [6.45, 7) is 0.123. The Hall–Kier alpha value is -0.910. The van der Waals surface area contributed by atoms with Crippen LogP contribution in [0.1, 0.15) is 12.0 Å². The number of hydrogen-bond donors (Lipinski definition) is 2. The minimum atomic E-state index is 0.123. The molecule has 2 heteroatoms. The van der Waals surface area contributed by atoms with Crippen molar-refractivity contribution in [3.8, 4) is 11.8 Å². The van der Waals surface area contributed by atoms with Gasteiger partial charge in [-0.05, 0) is 24.3 Å². The van der Waals surface area contributed by atoms with Gasteiger partial charge >= 0.3 is 0 Å². The molecule has 12 heavy (non-hydrogen) atoms. The Balaban J connectivity index is 2.66. The van der Waals surface area contributed by atoms with Crippen molar-refractivity contribution in [3.63, 3.8) is 0 Å². The van der Waals surface area contributed by atoms with E-state index in [-0.39, 0.29) is 6.61 Å². The van der Waals surface area contributed by atoms with Gasteiger partial charge in [0.15, 0.2) is 0 Å². The van der Waals surface area contributed by atoms with Crippen molar-refractivity contribution < 1.29 is 5.11 Å². The van der Waals surface area contributed by atoms with E-state index >= 15 is 0 Å². The minimum absolute atomic E-state index is 0.123. The van der Waals surface area contributed by atoms with Crippen molar-refractivity contribution in [2.24, 2.45) is 0 Å². The Kier molecular flexibility index (Phi) is 3.72. The third-order valence-electron chi connectivity index (χ3n) is 1.34. The zero-order valence-electron chi connectivity index (χ0n) is 6.62. The van der Waals surface area contributed by atoms with Gasteiger partial charge in [-0.3, -0.25) is 0 Å². The van der Waals surface area contributed by atoms with Gasteiger partial charge in [0.25, 0.3) is 0 Å². The molecule has 0 fully saturated rings. The summed E-state index contributed by atoms with van der Waals surface area (Å²) in [7, 11) is 0. The molecule has 62 valence electrons. The predicted molar refractivity (Wildman–Crippen MR) is 52.3 cm³/mol. The standard InChI is InChI=1S/C10H10OS/c11-8-2-1-3-9-4-6-10(12)7-5-9/h4-7,11-12H,2,8H2. The van der Waals surface area contributed by atoms with Gasteiger partial charge in [0, 0.05) is 16.9 Å². The summed E-state index contributed by atoms with van der Waals surface area (Å²) in [6, 6.07) is 7.61. The molecule has 0 aliphatic heterocycles. The van der Waals surface area contributed by atoms with E-state index < -0.39 is 0 Å². The number of thiol groups is 1. The summed E-state index contributed by atoms with van der Waals surface area (Å²) in [5, 5.41) is 8.47. The lowest BCUT2D eigenvalue weighted by Crippen LogP contribution is -1.77. The number of hydrogen-bond acceptors (Lipinski definition) is 2. The van der Waals surface area contributed by atoms with Gasteiger partial charge in [0.2, 0.25) is 0 Å². The Labute approximate surface area is 77.8 Å². The number of aliphatic hydroxyl groups is 1. The van der Waals surface area contributed by atoms with E-state index in [4.69, 9.17) is 5.11 Å². The summed E-state index contributed by atoms with van der Waals surface area (Å²) in [5.41, 5.74) is 0.959. The molecule has 0 aliphatic rings. The maximum atomic E-state index is 8.47. The molecule has 0 amide bonds. The van der Waals surface area contributed by atoms with Gasteiger partial charge in [-0.1, -0.05) is 11.8 Å². The number of aliphatic hydroxyl groups excluding tert-OH is 1. The molecule has 1 rings (SSSR count). The molecule has 1 N–H and O–H groups in total. The first-order valence-electron chi connectivity index (χ1n) is 3.71. The van der Waals surface area contributed by atoms with Crippen LogP contribution in [0.25, 0.3) is 0 Å². The molecule has 0 saturated carbocycles. The minimum Gasteiger partial charge on any atom is -0.395 e. The Morgan fingerprint density at radius 2 is 1.92 bits per heavy atom. The fourth-order valence-electron chi connectivity index (χ4n) is 0.765. The van der Waals surface area contributed by atoms with E-state index in [1.54, 1.807) is 0 Å². The second-order valence-corrected chi connectivity index (χ2v) is 2.84. The van der Waals surface area contributed by atoms with Crippen LogP contribution >= 0.6 is 12.6 Å². The molecule has 0 radical (unpaired) electrons. The molecule has 1 aromatic rings. The van der Waals surface area contributed by atoms with Crippen LogP contribution in [0, 0.1) is 11.8 Å². The molecule has 0 saturated heterocycles. The second kappa shape index (κ2) is 4.87. The van der Waals surface area contributed by atoms with E-state index in [0.29, 0.717) is 6.42 Å². The molecule has 0 aromatic heterocycles. The summed E-state index contributed by atoms with van der Waals surface area (Å²) >= 11 is 4.15. The van der Waals surface area contributed by atoms with Crippen molar-refractivity contribution in [1.29, 1.82) is 0 Å². The van der Waals surface area contributed by atoms with E-state index in [1.807, 2.05) is 24.3 Å². The highest BCUT2D eigenvalue weighted by Gasteiger charge is 1.85. The third kappa shape index (κ3) is 3.00. The van der Waals surface area contributed by atoms with Gasteiger partial charge in [-0.15, -0.1) is 12.6 Å². The molecule has 0 unspecified atom stereocenters. The summed E-state index contributed by atoms with van der Waals surface area (Å²) in [5.74, 6) is 5.77. The first kappa shape index (κ1) is 9.18. The molecule has 0 atom stereocenters. The largest absolute Gasteiger partial charge is 0.395 e. The lowest BCUT2D eigenvalue weighted by Gasteiger charge is -1.90. The molecule has 1 aromatic carbocycles. The van der Waals surface area contributed by atoms with E-state index in [1.165, 1.54) is 0 Å². The molecule has 0 bridgehead atoms. The topological polar surface area (TPSA) is 20.2 Å². The normalized spacial score (nSPS) is 8.83. The monoisotopic (exact) mass is 178 g/mol. The number of rotatable bonds is 1. The van der Waals surface area contributed by atoms with Crippen LogP contribution in [0.3, 0.4) is 0 Å². The molecule has 1 nitrogen and oxygen atoms in total. The predicted octanol–water partition coefficient (Wildman–Crippen LogP) is 1.71. The highest BCUT2D eigenvalue weighted by molar-refractivity contribution is 7.80. The van der Waals surface area contributed by atoms with Crippen LogP contribution in [0.15, 0.2) is 29.2 Å². The van der Waals surface area contributed by atoms with Gasteiger partial charge in [-0.25, -0.2) is 0 Å². The lowest BCUT2D eigenvalue weighted by atomic mass is 10.2. The maximum absolute atomic E-state index is 8.47. The highest BCUT2D eigenvalue weighted by atomic mass is 32.1. The van der Waals surface area contributed by atoms with Crippen LogP contribution in [0.4, 0.5) is 0 Å². The summed E-state index contributed by atoms with van der Waals surface area (Å²) < 4.78 is 0. The number of benzene rings is 1. The average molecular weight is 178 g/mol. The smallest absolute Gasteiger partial charge is 0.0540 e. The van der Waals surface area contributed by atoms with Crippen molar-refractivity contribution in [3.05, 3.63) is 29.8 Å². The molecule has 0 heterocycles. The van der Waals surface area contributed by atoms with E-state index in [0.717, 1.165) is 10.5 Å². The lowest BCUT2D eigenvalue weighted by molar-refractivity contribution is 0.305. The first-order chi connectivity index (χ1) is 5.83. The molecular formula is C10H10OS. The fraction of sp³-hybridized carbons (Fsp3) is 0.200. The first-order valence-corrected chi connectivity index (χ1v) is 4.16. The van der Waals surface area contributed by atoms with Crippen LogP contribution < -0.4 is 0 Å². The summed E-state index contributed by atoms with van der Waals surface area (Å²) in [4.78, 5) is 0.933.